The maximum atomic E-state index is 3.94. The molecule has 0 aromatic heterocycles. The molecule has 0 aromatic rings. The van der Waals surface area contributed by atoms with E-state index >= 15 is 0 Å². The minimum Gasteiger partial charge on any atom is -0.314 e. The summed E-state index contributed by atoms with van der Waals surface area (Å²) in [6.45, 7) is 1.28. The van der Waals surface area contributed by atoms with Gasteiger partial charge < -0.3 is 5.32 Å². The summed E-state index contributed by atoms with van der Waals surface area (Å²) in [4.78, 5) is 0. The number of unbranched alkanes of at least 4 members (excludes halogenated alkanes) is 4. The van der Waals surface area contributed by atoms with Gasteiger partial charge >= 0.3 is 0 Å². The highest BCUT2D eigenvalue weighted by Gasteiger charge is 2.47. The summed E-state index contributed by atoms with van der Waals surface area (Å²) in [5.41, 5.74) is 0. The zero-order valence-electron chi connectivity index (χ0n) is 21.9. The lowest BCUT2D eigenvalue weighted by Gasteiger charge is -2.18. The Balaban J connectivity index is 1.18. The lowest BCUT2D eigenvalue weighted by atomic mass is 10.0. The van der Waals surface area contributed by atoms with Crippen LogP contribution in [0.25, 0.3) is 0 Å². The average Bonchev–Trinajstić information content (AvgIpc) is 3.47. The van der Waals surface area contributed by atoms with Crippen molar-refractivity contribution in [2.45, 2.75) is 173 Å². The largest absolute Gasteiger partial charge is 0.314 e. The highest BCUT2D eigenvalue weighted by atomic mass is 14.9. The van der Waals surface area contributed by atoms with E-state index in [-0.39, 0.29) is 0 Å². The smallest absolute Gasteiger partial charge is 0.00670 e. The first-order chi connectivity index (χ1) is 15.9. The van der Waals surface area contributed by atoms with Crippen molar-refractivity contribution in [2.75, 3.05) is 6.54 Å². The van der Waals surface area contributed by atoms with Crippen molar-refractivity contribution >= 4 is 0 Å². The lowest BCUT2D eigenvalue weighted by Crippen LogP contribution is -2.30. The van der Waals surface area contributed by atoms with E-state index in [9.17, 15) is 0 Å². The Labute approximate surface area is 202 Å². The van der Waals surface area contributed by atoms with Crippen molar-refractivity contribution < 1.29 is 0 Å². The number of hydrogen-bond donors (Lipinski definition) is 1. The minimum atomic E-state index is 0.821. The van der Waals surface area contributed by atoms with Crippen molar-refractivity contribution in [2.24, 2.45) is 17.8 Å². The highest BCUT2D eigenvalue weighted by molar-refractivity contribution is 4.96. The Morgan fingerprint density at radius 2 is 0.812 bits per heavy atom. The van der Waals surface area contributed by atoms with Crippen molar-refractivity contribution in [1.29, 1.82) is 0 Å². The maximum Gasteiger partial charge on any atom is 0.00670 e. The van der Waals surface area contributed by atoms with E-state index in [0.29, 0.717) is 0 Å². The Morgan fingerprint density at radius 3 is 1.34 bits per heavy atom. The van der Waals surface area contributed by atoms with Gasteiger partial charge in [0.1, 0.15) is 0 Å². The van der Waals surface area contributed by atoms with Gasteiger partial charge in [0.2, 0.25) is 0 Å². The van der Waals surface area contributed by atoms with Crippen LogP contribution in [0.5, 0.6) is 0 Å². The fraction of sp³-hybridized carbons (Fsp3) is 1.00. The molecule has 3 saturated carbocycles. The van der Waals surface area contributed by atoms with E-state index < -0.39 is 0 Å². The quantitative estimate of drug-likeness (QED) is 0.348. The first-order valence-electron chi connectivity index (χ1n) is 15.7. The van der Waals surface area contributed by atoms with Crippen LogP contribution >= 0.6 is 0 Å². The van der Waals surface area contributed by atoms with E-state index in [1.165, 1.54) is 154 Å². The first-order valence-corrected chi connectivity index (χ1v) is 15.7. The van der Waals surface area contributed by atoms with E-state index in [0.717, 1.165) is 23.8 Å². The molecule has 3 atom stereocenters. The normalized spacial score (nSPS) is 29.8. The molecule has 32 heavy (non-hydrogen) atoms. The number of fused-ring (bicyclic) bond motifs is 1. The Hall–Kier alpha value is -0.0400. The summed E-state index contributed by atoms with van der Waals surface area (Å²) in [6.07, 6.45) is 38.9. The topological polar surface area (TPSA) is 12.0 Å². The van der Waals surface area contributed by atoms with Gasteiger partial charge in [-0.25, -0.2) is 0 Å². The highest BCUT2D eigenvalue weighted by Crippen LogP contribution is 2.55. The summed E-state index contributed by atoms with van der Waals surface area (Å²) >= 11 is 0. The summed E-state index contributed by atoms with van der Waals surface area (Å²) in [6, 6.07) is 0.821. The third kappa shape index (κ3) is 11.4. The van der Waals surface area contributed by atoms with Gasteiger partial charge in [0.25, 0.3) is 0 Å². The Morgan fingerprint density at radius 1 is 0.406 bits per heavy atom. The van der Waals surface area contributed by atoms with Gasteiger partial charge in [-0.1, -0.05) is 128 Å². The fourth-order valence-corrected chi connectivity index (χ4v) is 7.16. The molecule has 0 heterocycles. The van der Waals surface area contributed by atoms with Crippen molar-refractivity contribution in [1.82, 2.24) is 5.32 Å². The van der Waals surface area contributed by atoms with Gasteiger partial charge in [-0.2, -0.15) is 0 Å². The minimum absolute atomic E-state index is 0.821. The lowest BCUT2D eigenvalue weighted by molar-refractivity contribution is 0.414. The molecule has 0 spiro atoms. The van der Waals surface area contributed by atoms with Crippen LogP contribution in [0, 0.1) is 17.8 Å². The van der Waals surface area contributed by atoms with Crippen LogP contribution in [-0.4, -0.2) is 12.6 Å². The van der Waals surface area contributed by atoms with Gasteiger partial charge in [-0.15, -0.1) is 0 Å². The fourth-order valence-electron chi connectivity index (χ4n) is 7.16. The van der Waals surface area contributed by atoms with Gasteiger partial charge in [-0.05, 0) is 62.8 Å². The van der Waals surface area contributed by atoms with E-state index in [4.69, 9.17) is 0 Å². The van der Waals surface area contributed by atoms with E-state index in [1.54, 1.807) is 19.3 Å². The molecule has 3 rings (SSSR count). The van der Waals surface area contributed by atoms with Crippen LogP contribution < -0.4 is 5.32 Å². The van der Waals surface area contributed by atoms with Gasteiger partial charge in [0.15, 0.2) is 0 Å². The molecule has 0 radical (unpaired) electrons. The second-order valence-electron chi connectivity index (χ2n) is 12.0. The van der Waals surface area contributed by atoms with E-state index in [1.807, 2.05) is 0 Å². The molecule has 1 N–H and O–H groups in total. The van der Waals surface area contributed by atoms with Crippen LogP contribution in [0.1, 0.15) is 167 Å². The Bertz CT molecular complexity index is 402. The number of rotatable bonds is 9. The van der Waals surface area contributed by atoms with Crippen molar-refractivity contribution in [3.63, 3.8) is 0 Å². The third-order valence-corrected chi connectivity index (χ3v) is 9.34. The molecule has 0 aromatic carbocycles. The molecule has 0 amide bonds. The maximum absolute atomic E-state index is 3.94. The predicted octanol–water partition coefficient (Wildman–Crippen LogP) is 9.98. The second kappa shape index (κ2) is 17.4. The van der Waals surface area contributed by atoms with Crippen LogP contribution in [0.15, 0.2) is 0 Å². The van der Waals surface area contributed by atoms with Crippen molar-refractivity contribution in [3.8, 4) is 0 Å². The molecule has 188 valence electrons. The molecule has 1 nitrogen and oxygen atoms in total. The first kappa shape index (κ1) is 26.6. The third-order valence-electron chi connectivity index (χ3n) is 9.34. The van der Waals surface area contributed by atoms with E-state index in [2.05, 4.69) is 5.32 Å². The number of nitrogens with one attached hydrogen (secondary N) is 1. The van der Waals surface area contributed by atoms with Crippen LogP contribution in [0.2, 0.25) is 0 Å². The summed E-state index contributed by atoms with van der Waals surface area (Å²) in [5.74, 6) is 3.41. The second-order valence-corrected chi connectivity index (χ2v) is 12.0. The van der Waals surface area contributed by atoms with Gasteiger partial charge in [-0.3, -0.25) is 0 Å². The molecular formula is C31H59N. The zero-order valence-corrected chi connectivity index (χ0v) is 21.9. The zero-order chi connectivity index (χ0) is 22.1. The Kier molecular flexibility index (Phi) is 14.4. The molecule has 0 bridgehead atoms. The molecule has 0 aliphatic heterocycles. The van der Waals surface area contributed by atoms with Crippen LogP contribution in [0.3, 0.4) is 0 Å². The molecular weight excluding hydrogens is 386 g/mol. The molecule has 3 fully saturated rings. The van der Waals surface area contributed by atoms with Crippen LogP contribution in [-0.2, 0) is 0 Å². The summed E-state index contributed by atoms with van der Waals surface area (Å²) in [7, 11) is 0. The number of hydrogen-bond acceptors (Lipinski definition) is 1. The molecule has 3 aliphatic rings. The van der Waals surface area contributed by atoms with Gasteiger partial charge in [0.05, 0.1) is 0 Å². The molecule has 0 saturated heterocycles. The van der Waals surface area contributed by atoms with Crippen molar-refractivity contribution in [3.05, 3.63) is 0 Å². The van der Waals surface area contributed by atoms with Crippen LogP contribution in [0.4, 0.5) is 0 Å². The average molecular weight is 446 g/mol. The SMILES string of the molecule is C1CCCCCC(NCCCCCCCC2C3CCCCCCCCCC[C@H]32)CCCC1. The predicted molar refractivity (Wildman–Crippen MR) is 142 cm³/mol. The molecule has 1 heteroatoms. The standard InChI is InChI=1S/C31H59N/c1-2-6-11-17-23-28(22-16-10-5-1)32-27-21-15-9-14-20-26-31-29-24-18-12-7-3-4-8-13-19-25-30(29)31/h28-32H,1-27H2/t29-,30?,31?/m1/s1. The molecule has 3 aliphatic carbocycles. The monoisotopic (exact) mass is 445 g/mol. The van der Waals surface area contributed by atoms with Gasteiger partial charge in [0, 0.05) is 6.04 Å². The summed E-state index contributed by atoms with van der Waals surface area (Å²) in [5, 5.41) is 3.94. The molecule has 2 unspecified atom stereocenters. The summed E-state index contributed by atoms with van der Waals surface area (Å²) < 4.78 is 0.